The van der Waals surface area contributed by atoms with Crippen molar-refractivity contribution in [1.29, 1.82) is 0 Å². The summed E-state index contributed by atoms with van der Waals surface area (Å²) < 4.78 is 89.5. The molecule has 2 aromatic rings. The number of ether oxygens (including phenoxy) is 1. The number of carbonyl (C=O) groups is 1. The molecule has 1 amide bonds. The van der Waals surface area contributed by atoms with Crippen molar-refractivity contribution < 1.29 is 36.0 Å². The van der Waals surface area contributed by atoms with Gasteiger partial charge in [-0.3, -0.25) is 0 Å². The van der Waals surface area contributed by atoms with E-state index >= 15 is 0 Å². The van der Waals surface area contributed by atoms with Gasteiger partial charge in [0.05, 0.1) is 24.1 Å². The first-order valence-corrected chi connectivity index (χ1v) is 13.4. The Labute approximate surface area is 221 Å². The van der Waals surface area contributed by atoms with E-state index in [1.54, 1.807) is 41.5 Å². The minimum absolute atomic E-state index is 0.0484. The molecule has 0 aliphatic heterocycles. The van der Waals surface area contributed by atoms with Gasteiger partial charge in [-0.15, -0.1) is 4.72 Å². The summed E-state index contributed by atoms with van der Waals surface area (Å²) in [6.07, 6.45) is -3.59. The minimum Gasteiger partial charge on any atom is -0.598 e. The third kappa shape index (κ3) is 7.92. The highest BCUT2D eigenvalue weighted by Crippen LogP contribution is 2.41. The average molecular weight is 568 g/mol. The molecular formula is C24H34F5N5O3S. The van der Waals surface area contributed by atoms with Crippen molar-refractivity contribution in [3.05, 3.63) is 29.7 Å². The van der Waals surface area contributed by atoms with Crippen molar-refractivity contribution in [2.75, 3.05) is 0 Å². The van der Waals surface area contributed by atoms with E-state index in [0.29, 0.717) is 0 Å². The van der Waals surface area contributed by atoms with Crippen LogP contribution < -0.4 is 10.0 Å². The van der Waals surface area contributed by atoms with Gasteiger partial charge in [0, 0.05) is 29.8 Å². The smallest absolute Gasteiger partial charge is 0.412 e. The van der Waals surface area contributed by atoms with Gasteiger partial charge in [0.1, 0.15) is 10.3 Å². The van der Waals surface area contributed by atoms with Crippen molar-refractivity contribution in [2.45, 2.75) is 102 Å². The molecule has 0 radical (unpaired) electrons. The fourth-order valence-corrected chi connectivity index (χ4v) is 4.93. The molecule has 1 fully saturated rings. The summed E-state index contributed by atoms with van der Waals surface area (Å²) >= 11 is -2.02. The van der Waals surface area contributed by atoms with Crippen molar-refractivity contribution in [3.63, 3.8) is 0 Å². The molecule has 2 heterocycles. The van der Waals surface area contributed by atoms with Crippen LogP contribution in [0.2, 0.25) is 0 Å². The van der Waals surface area contributed by atoms with Crippen LogP contribution in [0.4, 0.5) is 26.7 Å². The van der Waals surface area contributed by atoms with Crippen molar-refractivity contribution >= 4 is 23.1 Å². The number of hydrogen-bond donors (Lipinski definition) is 2. The predicted molar refractivity (Wildman–Crippen MR) is 132 cm³/mol. The number of nitrogens with one attached hydrogen (secondary N) is 2. The second-order valence-corrected chi connectivity index (χ2v) is 13.5. The van der Waals surface area contributed by atoms with E-state index in [4.69, 9.17) is 4.74 Å². The number of hydrogen-bond acceptors (Lipinski definition) is 6. The van der Waals surface area contributed by atoms with Gasteiger partial charge in [0.15, 0.2) is 11.7 Å². The van der Waals surface area contributed by atoms with Crippen LogP contribution in [0.25, 0.3) is 5.65 Å². The first-order valence-electron chi connectivity index (χ1n) is 12.2. The molecule has 1 aliphatic carbocycles. The molecule has 38 heavy (non-hydrogen) atoms. The molecule has 0 saturated heterocycles. The number of nitrogens with zero attached hydrogens (tertiary/aromatic N) is 3. The Morgan fingerprint density at radius 1 is 1.18 bits per heavy atom. The van der Waals surface area contributed by atoms with Crippen LogP contribution >= 0.6 is 0 Å². The van der Waals surface area contributed by atoms with Gasteiger partial charge in [-0.1, -0.05) is 0 Å². The standard InChI is InChI=1S/C24H34F5N5O3S/c1-21(2,3)37-20(35)32-18(14-7-9-23(25,26)10-8-14)16-13-34-17(31-16)11-15(12-30-34)19(24(27,28)29)33-38(36)22(4,5)6/h11-14,18-19,33H,7-10H2,1-6H3,(H,32,35)/t18-,19-,38?/m0/s1. The van der Waals surface area contributed by atoms with Gasteiger partial charge < -0.3 is 14.6 Å². The Kier molecular flexibility index (Phi) is 8.60. The third-order valence-electron chi connectivity index (χ3n) is 6.03. The summed E-state index contributed by atoms with van der Waals surface area (Å²) in [5.41, 5.74) is -0.803. The topological polar surface area (TPSA) is 104 Å². The summed E-state index contributed by atoms with van der Waals surface area (Å²) in [5, 5.41) is 6.76. The molecule has 0 bridgehead atoms. The molecule has 214 valence electrons. The fourth-order valence-electron chi connectivity index (χ4n) is 4.09. The van der Waals surface area contributed by atoms with Crippen LogP contribution in [0, 0.1) is 5.92 Å². The highest BCUT2D eigenvalue weighted by Gasteiger charge is 2.46. The fraction of sp³-hybridized carbons (Fsp3) is 0.708. The molecule has 1 aliphatic rings. The maximum Gasteiger partial charge on any atom is 0.412 e. The summed E-state index contributed by atoms with van der Waals surface area (Å²) in [4.78, 5) is 17.0. The molecular weight excluding hydrogens is 533 g/mol. The molecule has 0 spiro atoms. The van der Waals surface area contributed by atoms with Gasteiger partial charge in [-0.2, -0.15) is 18.3 Å². The van der Waals surface area contributed by atoms with Gasteiger partial charge in [0.2, 0.25) is 5.92 Å². The Morgan fingerprint density at radius 2 is 1.79 bits per heavy atom. The highest BCUT2D eigenvalue weighted by atomic mass is 32.2. The van der Waals surface area contributed by atoms with Gasteiger partial charge in [-0.05, 0) is 66.4 Å². The largest absolute Gasteiger partial charge is 0.598 e. The van der Waals surface area contributed by atoms with E-state index in [1.165, 1.54) is 16.8 Å². The molecule has 14 heteroatoms. The van der Waals surface area contributed by atoms with Gasteiger partial charge >= 0.3 is 12.3 Å². The van der Waals surface area contributed by atoms with Crippen LogP contribution in [-0.4, -0.2) is 47.7 Å². The second kappa shape index (κ2) is 10.8. The minimum atomic E-state index is -4.77. The van der Waals surface area contributed by atoms with Crippen LogP contribution in [0.5, 0.6) is 0 Å². The molecule has 3 rings (SSSR count). The monoisotopic (exact) mass is 567 g/mol. The van der Waals surface area contributed by atoms with E-state index in [1.807, 2.05) is 0 Å². The van der Waals surface area contributed by atoms with Crippen molar-refractivity contribution in [1.82, 2.24) is 24.6 Å². The first-order chi connectivity index (χ1) is 17.2. The summed E-state index contributed by atoms with van der Waals surface area (Å²) in [5.74, 6) is -3.19. The lowest BCUT2D eigenvalue weighted by atomic mass is 9.81. The number of fused-ring (bicyclic) bond motifs is 1. The SMILES string of the molecule is CC(C)(C)OC(=O)N[C@H](c1cn2ncc([C@H](N[S+]([O-])C(C)(C)C)C(F)(F)F)cc2n1)C1CCC(F)(F)CC1. The number of amides is 1. The van der Waals surface area contributed by atoms with Gasteiger partial charge in [-0.25, -0.2) is 23.1 Å². The number of rotatable bonds is 6. The predicted octanol–water partition coefficient (Wildman–Crippen LogP) is 5.78. The lowest BCUT2D eigenvalue weighted by molar-refractivity contribution is -0.153. The third-order valence-corrected chi connectivity index (χ3v) is 7.59. The lowest BCUT2D eigenvalue weighted by Crippen LogP contribution is -2.45. The van der Waals surface area contributed by atoms with Crippen LogP contribution in [-0.2, 0) is 16.1 Å². The highest BCUT2D eigenvalue weighted by molar-refractivity contribution is 7.90. The van der Waals surface area contributed by atoms with Crippen LogP contribution in [0.1, 0.15) is 90.6 Å². The lowest BCUT2D eigenvalue weighted by Gasteiger charge is -2.33. The molecule has 1 saturated carbocycles. The van der Waals surface area contributed by atoms with Gasteiger partial charge in [0.25, 0.3) is 0 Å². The van der Waals surface area contributed by atoms with E-state index in [9.17, 15) is 31.3 Å². The van der Waals surface area contributed by atoms with E-state index in [0.717, 1.165) is 6.20 Å². The van der Waals surface area contributed by atoms with Crippen LogP contribution in [0.3, 0.4) is 0 Å². The first kappa shape index (κ1) is 30.4. The van der Waals surface area contributed by atoms with Crippen LogP contribution in [0.15, 0.2) is 18.5 Å². The Hall–Kier alpha value is -2.19. The van der Waals surface area contributed by atoms with Crippen molar-refractivity contribution in [3.8, 4) is 0 Å². The van der Waals surface area contributed by atoms with E-state index in [2.05, 4.69) is 20.1 Å². The molecule has 0 aromatic carbocycles. The molecule has 2 N–H and O–H groups in total. The number of alkyl carbamates (subject to hydrolysis) is 1. The summed E-state index contributed by atoms with van der Waals surface area (Å²) in [6.45, 7) is 9.67. The zero-order chi connectivity index (χ0) is 28.7. The summed E-state index contributed by atoms with van der Waals surface area (Å²) in [6, 6.07) is -1.92. The second-order valence-electron chi connectivity index (χ2n) is 11.5. The van der Waals surface area contributed by atoms with E-state index < -0.39 is 57.9 Å². The number of alkyl halides is 5. The Balaban J connectivity index is 1.95. The number of carbonyl (C=O) groups excluding carboxylic acids is 1. The number of aromatic nitrogens is 3. The Bertz CT molecular complexity index is 1120. The van der Waals surface area contributed by atoms with E-state index in [-0.39, 0.29) is 42.6 Å². The summed E-state index contributed by atoms with van der Waals surface area (Å²) in [7, 11) is 0. The maximum absolute atomic E-state index is 13.9. The molecule has 1 unspecified atom stereocenters. The zero-order valence-electron chi connectivity index (χ0n) is 22.2. The number of imidazole rings is 1. The average Bonchev–Trinajstić information content (AvgIpc) is 3.16. The molecule has 8 nitrogen and oxygen atoms in total. The normalized spacial score (nSPS) is 19.7. The molecule has 2 aromatic heterocycles. The van der Waals surface area contributed by atoms with Crippen molar-refractivity contribution in [2.24, 2.45) is 5.92 Å². The molecule has 3 atom stereocenters. The quantitative estimate of drug-likeness (QED) is 0.339. The Morgan fingerprint density at radius 3 is 2.32 bits per heavy atom. The zero-order valence-corrected chi connectivity index (χ0v) is 23.0. The number of halogens is 5. The maximum atomic E-state index is 13.9.